The zero-order valence-corrected chi connectivity index (χ0v) is 12.8. The van der Waals surface area contributed by atoms with Crippen LogP contribution < -0.4 is 5.32 Å². The van der Waals surface area contributed by atoms with E-state index in [0.29, 0.717) is 12.1 Å². The molecule has 0 radical (unpaired) electrons. The molecule has 108 valence electrons. The molecule has 1 N–H and O–H groups in total. The van der Waals surface area contributed by atoms with Crippen LogP contribution in [0.1, 0.15) is 33.0 Å². The fourth-order valence-corrected chi connectivity index (χ4v) is 2.97. The Labute approximate surface area is 117 Å². The lowest BCUT2D eigenvalue weighted by molar-refractivity contribution is 0.0918. The van der Waals surface area contributed by atoms with Crippen molar-refractivity contribution in [3.8, 4) is 0 Å². The first kappa shape index (κ1) is 14.5. The summed E-state index contributed by atoms with van der Waals surface area (Å²) in [5.41, 5.74) is 0. The van der Waals surface area contributed by atoms with Crippen LogP contribution in [0.25, 0.3) is 0 Å². The molecule has 1 aliphatic rings. The molecule has 0 bridgehead atoms. The van der Waals surface area contributed by atoms with Crippen molar-refractivity contribution in [2.45, 2.75) is 52.7 Å². The number of nitrogens with one attached hydrogen (secondary N) is 1. The predicted octanol–water partition coefficient (Wildman–Crippen LogP) is 1.90. The van der Waals surface area contributed by atoms with Crippen LogP contribution in [0.2, 0.25) is 0 Å². The van der Waals surface area contributed by atoms with Crippen molar-refractivity contribution in [1.29, 1.82) is 0 Å². The van der Waals surface area contributed by atoms with Crippen molar-refractivity contribution in [3.05, 3.63) is 18.2 Å². The van der Waals surface area contributed by atoms with Gasteiger partial charge in [-0.3, -0.25) is 4.90 Å². The second kappa shape index (κ2) is 6.53. The van der Waals surface area contributed by atoms with E-state index >= 15 is 0 Å². The Bertz CT molecular complexity index is 387. The van der Waals surface area contributed by atoms with Crippen LogP contribution in [0.3, 0.4) is 0 Å². The minimum absolute atomic E-state index is 0.601. The predicted molar refractivity (Wildman–Crippen MR) is 79.2 cm³/mol. The Hall–Kier alpha value is -0.870. The van der Waals surface area contributed by atoms with E-state index < -0.39 is 0 Å². The van der Waals surface area contributed by atoms with Gasteiger partial charge in [0, 0.05) is 50.7 Å². The number of piperazine rings is 1. The van der Waals surface area contributed by atoms with Gasteiger partial charge in [-0.2, -0.15) is 0 Å². The molecule has 2 heterocycles. The van der Waals surface area contributed by atoms with E-state index in [1.54, 1.807) is 0 Å². The van der Waals surface area contributed by atoms with Gasteiger partial charge >= 0.3 is 0 Å². The van der Waals surface area contributed by atoms with Crippen LogP contribution in [0.5, 0.6) is 0 Å². The Morgan fingerprint density at radius 3 is 2.89 bits per heavy atom. The molecule has 1 fully saturated rings. The molecule has 4 heteroatoms. The molecule has 3 atom stereocenters. The van der Waals surface area contributed by atoms with Gasteiger partial charge in [-0.25, -0.2) is 4.98 Å². The molecule has 2 rings (SSSR count). The van der Waals surface area contributed by atoms with Crippen molar-refractivity contribution < 1.29 is 0 Å². The summed E-state index contributed by atoms with van der Waals surface area (Å²) in [5.74, 6) is 1.87. The molecule has 1 saturated heterocycles. The van der Waals surface area contributed by atoms with E-state index in [9.17, 15) is 0 Å². The third kappa shape index (κ3) is 3.57. The highest BCUT2D eigenvalue weighted by atomic mass is 15.2. The third-order valence-electron chi connectivity index (χ3n) is 4.51. The minimum atomic E-state index is 0.601. The molecule has 1 aliphatic heterocycles. The van der Waals surface area contributed by atoms with Crippen LogP contribution in [-0.2, 0) is 6.54 Å². The number of aromatic nitrogens is 2. The number of hydrogen-bond donors (Lipinski definition) is 1. The van der Waals surface area contributed by atoms with Crippen molar-refractivity contribution >= 4 is 0 Å². The van der Waals surface area contributed by atoms with Gasteiger partial charge in [-0.1, -0.05) is 20.3 Å². The van der Waals surface area contributed by atoms with E-state index in [-0.39, 0.29) is 0 Å². The van der Waals surface area contributed by atoms with Crippen LogP contribution in [0, 0.1) is 12.8 Å². The summed E-state index contributed by atoms with van der Waals surface area (Å²) in [5, 5.41) is 3.62. The molecule has 1 aromatic rings. The highest BCUT2D eigenvalue weighted by Crippen LogP contribution is 2.18. The van der Waals surface area contributed by atoms with Crippen molar-refractivity contribution in [2.24, 2.45) is 5.92 Å². The highest BCUT2D eigenvalue weighted by Gasteiger charge is 2.28. The zero-order valence-electron chi connectivity index (χ0n) is 12.8. The first-order valence-electron chi connectivity index (χ1n) is 7.57. The first-order valence-corrected chi connectivity index (χ1v) is 7.57. The summed E-state index contributed by atoms with van der Waals surface area (Å²) in [7, 11) is 0. The molecule has 3 unspecified atom stereocenters. The van der Waals surface area contributed by atoms with E-state index in [1.165, 1.54) is 6.42 Å². The van der Waals surface area contributed by atoms with Gasteiger partial charge in [0.15, 0.2) is 0 Å². The van der Waals surface area contributed by atoms with Gasteiger partial charge in [-0.15, -0.1) is 0 Å². The molecule has 19 heavy (non-hydrogen) atoms. The van der Waals surface area contributed by atoms with E-state index in [2.05, 4.69) is 53.7 Å². The van der Waals surface area contributed by atoms with Gasteiger partial charge in [0.05, 0.1) is 0 Å². The summed E-state index contributed by atoms with van der Waals surface area (Å²) in [4.78, 5) is 6.96. The largest absolute Gasteiger partial charge is 0.334 e. The standard InChI is InChI=1S/C15H28N4/c1-5-12(2)15-10-17-13(3)11-19(15)9-8-18-7-6-16-14(18)4/h6-7,12-13,15,17H,5,8-11H2,1-4H3. The lowest BCUT2D eigenvalue weighted by Gasteiger charge is -2.42. The summed E-state index contributed by atoms with van der Waals surface area (Å²) in [6, 6.07) is 1.27. The van der Waals surface area contributed by atoms with Gasteiger partial charge in [0.1, 0.15) is 5.82 Å². The molecule has 1 aromatic heterocycles. The summed E-state index contributed by atoms with van der Waals surface area (Å²) in [6.45, 7) is 13.5. The van der Waals surface area contributed by atoms with E-state index in [1.807, 2.05) is 6.20 Å². The van der Waals surface area contributed by atoms with E-state index in [0.717, 1.165) is 37.9 Å². The van der Waals surface area contributed by atoms with Crippen LogP contribution in [-0.4, -0.2) is 46.2 Å². The highest BCUT2D eigenvalue weighted by molar-refractivity contribution is 4.90. The molecule has 0 saturated carbocycles. The average molecular weight is 264 g/mol. The fraction of sp³-hybridized carbons (Fsp3) is 0.800. The normalized spacial score (nSPS) is 26.5. The lowest BCUT2D eigenvalue weighted by atomic mass is 9.95. The second-order valence-corrected chi connectivity index (χ2v) is 5.92. The summed E-state index contributed by atoms with van der Waals surface area (Å²) < 4.78 is 2.25. The number of imidazole rings is 1. The zero-order chi connectivity index (χ0) is 13.8. The monoisotopic (exact) mass is 264 g/mol. The van der Waals surface area contributed by atoms with Crippen molar-refractivity contribution in [1.82, 2.24) is 19.8 Å². The summed E-state index contributed by atoms with van der Waals surface area (Å²) in [6.07, 6.45) is 5.22. The topological polar surface area (TPSA) is 33.1 Å². The molecule has 0 aliphatic carbocycles. The maximum absolute atomic E-state index is 4.30. The number of nitrogens with zero attached hydrogens (tertiary/aromatic N) is 3. The smallest absolute Gasteiger partial charge is 0.105 e. The maximum Gasteiger partial charge on any atom is 0.105 e. The third-order valence-corrected chi connectivity index (χ3v) is 4.51. The van der Waals surface area contributed by atoms with Gasteiger partial charge in [0.2, 0.25) is 0 Å². The second-order valence-electron chi connectivity index (χ2n) is 5.92. The number of hydrogen-bond acceptors (Lipinski definition) is 3. The molecule has 4 nitrogen and oxygen atoms in total. The number of rotatable bonds is 5. The van der Waals surface area contributed by atoms with Crippen molar-refractivity contribution in [3.63, 3.8) is 0 Å². The van der Waals surface area contributed by atoms with Crippen LogP contribution >= 0.6 is 0 Å². The maximum atomic E-state index is 4.30. The average Bonchev–Trinajstić information content (AvgIpc) is 2.81. The number of aryl methyl sites for hydroxylation is 1. The fourth-order valence-electron chi connectivity index (χ4n) is 2.97. The van der Waals surface area contributed by atoms with Gasteiger partial charge < -0.3 is 9.88 Å². The Morgan fingerprint density at radius 1 is 1.47 bits per heavy atom. The van der Waals surface area contributed by atoms with Crippen molar-refractivity contribution in [2.75, 3.05) is 19.6 Å². The molecule has 0 amide bonds. The first-order chi connectivity index (χ1) is 9.11. The van der Waals surface area contributed by atoms with Crippen LogP contribution in [0.15, 0.2) is 12.4 Å². The van der Waals surface area contributed by atoms with E-state index in [4.69, 9.17) is 0 Å². The van der Waals surface area contributed by atoms with Gasteiger partial charge in [0.25, 0.3) is 0 Å². The molecular formula is C15H28N4. The molecular weight excluding hydrogens is 236 g/mol. The lowest BCUT2D eigenvalue weighted by Crippen LogP contribution is -2.58. The SMILES string of the molecule is CCC(C)C1CNC(C)CN1CCn1ccnc1C. The quantitative estimate of drug-likeness (QED) is 0.882. The Balaban J connectivity index is 1.96. The Morgan fingerprint density at radius 2 is 2.26 bits per heavy atom. The minimum Gasteiger partial charge on any atom is -0.334 e. The molecule has 0 spiro atoms. The van der Waals surface area contributed by atoms with Crippen LogP contribution in [0.4, 0.5) is 0 Å². The summed E-state index contributed by atoms with van der Waals surface area (Å²) >= 11 is 0. The Kier molecular flexibility index (Phi) is 4.99. The van der Waals surface area contributed by atoms with Gasteiger partial charge in [-0.05, 0) is 19.8 Å². The molecule has 0 aromatic carbocycles.